The van der Waals surface area contributed by atoms with Gasteiger partial charge in [0.25, 0.3) is 10.1 Å². The summed E-state index contributed by atoms with van der Waals surface area (Å²) in [5, 5.41) is 15.2. The van der Waals surface area contributed by atoms with Crippen LogP contribution in [-0.4, -0.2) is 143 Å². The first-order chi connectivity index (χ1) is 27.7. The minimum atomic E-state index is -4.28. The number of nitrogens with one attached hydrogen (secondary N) is 4. The number of aliphatic imine (C=N–C) groups is 1. The smallest absolute Gasteiger partial charge is 0.870 e. The number of nitrogens with zero attached hydrogens (tertiary/aromatic N) is 1. The SMILES string of the molecule is CC.CN.CNCCC(C(=O)c1ccc(C(=O)C(CCF)S(=O)(=O)OC)cc1)[S-](=O)=O.NCC(=O)NC(CCCN=C(N)N)C(=O)NCC(=O)NC(CC(=O)O)C(N)=O.[K+].[OH-]. The minimum absolute atomic E-state index is 0. The third kappa shape index (κ3) is 28.6. The molecule has 28 heteroatoms. The maximum atomic E-state index is 12.6. The van der Waals surface area contributed by atoms with Gasteiger partial charge in [0.2, 0.25) is 23.6 Å². The number of benzene rings is 1. The van der Waals surface area contributed by atoms with E-state index in [1.807, 2.05) is 13.8 Å². The van der Waals surface area contributed by atoms with Crippen molar-refractivity contribution >= 4 is 67.9 Å². The van der Waals surface area contributed by atoms with Gasteiger partial charge < -0.3 is 68.9 Å². The minimum Gasteiger partial charge on any atom is -0.870 e. The Bertz CT molecular complexity index is 1710. The van der Waals surface area contributed by atoms with Crippen molar-refractivity contribution in [3.05, 3.63) is 35.4 Å². The number of Topliss-reactive ketones (excluding diaryl/α,β-unsaturated/α-hetero) is 2. The topological polar surface area (TPSA) is 438 Å². The molecule has 0 bridgehead atoms. The molecule has 346 valence electrons. The third-order valence-electron chi connectivity index (χ3n) is 7.14. The summed E-state index contributed by atoms with van der Waals surface area (Å²) in [6.45, 7) is 2.61. The third-order valence-corrected chi connectivity index (χ3v) is 9.67. The van der Waals surface area contributed by atoms with Crippen LogP contribution in [0.3, 0.4) is 0 Å². The summed E-state index contributed by atoms with van der Waals surface area (Å²) >= 11 is 0. The van der Waals surface area contributed by atoms with Crippen LogP contribution in [0.4, 0.5) is 4.39 Å². The van der Waals surface area contributed by atoms with Gasteiger partial charge >= 0.3 is 57.4 Å². The van der Waals surface area contributed by atoms with Gasteiger partial charge in [-0.15, -0.1) is 0 Å². The quantitative estimate of drug-likeness (QED) is 0.00829. The molecular weight excluding hydrogens is 883 g/mol. The molecule has 4 atom stereocenters. The molecule has 0 radical (unpaired) electrons. The Labute approximate surface area is 398 Å². The molecule has 1 aromatic carbocycles. The average Bonchev–Trinajstić information content (AvgIpc) is 3.20. The average molecular weight is 942 g/mol. The first-order valence-electron chi connectivity index (χ1n) is 17.7. The first kappa shape index (κ1) is 66.5. The predicted molar refractivity (Wildman–Crippen MR) is 217 cm³/mol. The zero-order chi connectivity index (χ0) is 46.3. The molecule has 4 amide bonds. The van der Waals surface area contributed by atoms with Gasteiger partial charge in [-0.1, -0.05) is 48.8 Å². The van der Waals surface area contributed by atoms with E-state index in [1.54, 1.807) is 7.05 Å². The van der Waals surface area contributed by atoms with Crippen LogP contribution in [0.5, 0.6) is 0 Å². The van der Waals surface area contributed by atoms with Gasteiger partial charge in [-0.05, 0) is 39.9 Å². The van der Waals surface area contributed by atoms with Gasteiger partial charge in [0.05, 0.1) is 33.3 Å². The Morgan fingerprint density at radius 3 is 1.80 bits per heavy atom. The molecule has 0 heterocycles. The van der Waals surface area contributed by atoms with E-state index in [-0.39, 0.29) is 99.9 Å². The van der Waals surface area contributed by atoms with Crippen LogP contribution in [0.25, 0.3) is 0 Å². The van der Waals surface area contributed by atoms with Crippen LogP contribution in [0.1, 0.15) is 66.7 Å². The van der Waals surface area contributed by atoms with Crippen molar-refractivity contribution in [2.75, 3.05) is 54.1 Å². The number of primary amides is 1. The molecule has 61 heavy (non-hydrogen) atoms. The molecule has 24 nitrogen and oxygen atoms in total. The number of carbonyl (C=O) groups excluding carboxylic acids is 6. The van der Waals surface area contributed by atoms with Crippen LogP contribution in [0.2, 0.25) is 0 Å². The van der Waals surface area contributed by atoms with Gasteiger partial charge in [0, 0.05) is 29.3 Å². The first-order valence-corrected chi connectivity index (χ1v) is 20.3. The van der Waals surface area contributed by atoms with E-state index >= 15 is 0 Å². The number of nitrogens with two attached hydrogens (primary N) is 5. The summed E-state index contributed by atoms with van der Waals surface area (Å²) in [7, 11) is -2.89. The van der Waals surface area contributed by atoms with E-state index in [0.29, 0.717) is 13.0 Å². The van der Waals surface area contributed by atoms with Crippen molar-refractivity contribution in [1.82, 2.24) is 21.3 Å². The second-order valence-electron chi connectivity index (χ2n) is 11.2. The van der Waals surface area contributed by atoms with E-state index in [1.165, 1.54) is 31.3 Å². The number of halogens is 1. The summed E-state index contributed by atoms with van der Waals surface area (Å²) in [6, 6.07) is 2.46. The fourth-order valence-corrected chi connectivity index (χ4v) is 5.97. The standard InChI is InChI=1S/C16H21FNO7S2.C14H26N8O6.C2H6.CH5N.K.H2O/c1-18-10-8-13(26(21)22)15(19)11-3-5-12(6-4-11)16(20)14(7-9-17)27(23,24)25-2;15-5-9(23)21-7(2-1-3-19-14(17)18)13(28)20-6-10(24)22-8(12(16)27)4-11(25)26;2*1-2;;/h3-6,13-14,18H,7-10H2,1-2H3;7-8H,1-6,15H2,(H2,16,27)(H,20,28)(H,21,23)(H,22,24)(H,25,26)(H4,17,18,19);1-2H3;2H2,1H3;;1H2/q-1;;;;+1;/p-1. The largest absolute Gasteiger partial charge is 1.00 e. The van der Waals surface area contributed by atoms with Gasteiger partial charge in [0.1, 0.15) is 12.1 Å². The Morgan fingerprint density at radius 2 is 1.39 bits per heavy atom. The van der Waals surface area contributed by atoms with E-state index < -0.39 is 111 Å². The van der Waals surface area contributed by atoms with E-state index in [4.69, 9.17) is 28.0 Å². The molecule has 16 N–H and O–H groups in total. The van der Waals surface area contributed by atoms with Crippen LogP contribution in [0, 0.1) is 0 Å². The molecule has 1 rings (SSSR count). The Morgan fingerprint density at radius 1 is 0.885 bits per heavy atom. The van der Waals surface area contributed by atoms with Gasteiger partial charge in [-0.25, -0.2) is 0 Å². The molecule has 1 aromatic rings. The molecule has 0 aliphatic heterocycles. The molecule has 4 unspecified atom stereocenters. The van der Waals surface area contributed by atoms with Crippen LogP contribution >= 0.6 is 0 Å². The molecule has 0 spiro atoms. The fourth-order valence-electron chi connectivity index (χ4n) is 4.34. The van der Waals surface area contributed by atoms with Crippen molar-refractivity contribution in [2.45, 2.75) is 68.5 Å². The Balaban J connectivity index is -0.000000307. The number of hydrogen-bond donors (Lipinski definition) is 10. The number of ketones is 2. The van der Waals surface area contributed by atoms with Gasteiger partial charge in [0.15, 0.2) is 22.8 Å². The zero-order valence-corrected chi connectivity index (χ0v) is 39.8. The number of rotatable bonds is 25. The number of carboxylic acid groups (broad SMARTS) is 1. The predicted octanol–water partition coefficient (Wildman–Crippen LogP) is -6.48. The van der Waals surface area contributed by atoms with Crippen LogP contribution in [0.15, 0.2) is 29.3 Å². The second-order valence-corrected chi connectivity index (χ2v) is 14.2. The molecule has 0 aliphatic carbocycles. The fraction of sp³-hybridized carbons (Fsp3) is 0.576. The van der Waals surface area contributed by atoms with Crippen molar-refractivity contribution < 1.29 is 121 Å². The number of amides is 4. The normalized spacial score (nSPS) is 12.0. The number of alkyl halides is 1. The maximum Gasteiger partial charge on any atom is 1.00 e. The Kier molecular flexibility index (Phi) is 41.6. The zero-order valence-electron chi connectivity index (χ0n) is 35.0. The number of guanidine groups is 1. The number of carboxylic acids is 1. The Hall–Kier alpha value is -3.55. The monoisotopic (exact) mass is 941 g/mol. The van der Waals surface area contributed by atoms with Crippen LogP contribution in [-0.2, 0) is 57.4 Å². The van der Waals surface area contributed by atoms with E-state index in [9.17, 15) is 54.8 Å². The summed E-state index contributed by atoms with van der Waals surface area (Å²) < 4.78 is 63.1. The van der Waals surface area contributed by atoms with E-state index in [2.05, 4.69) is 36.2 Å². The summed E-state index contributed by atoms with van der Waals surface area (Å²) in [5.74, 6) is -6.09. The number of aliphatic carboxylic acids is 1. The molecular formula is C33H59FKN10O14S2-. The summed E-state index contributed by atoms with van der Waals surface area (Å²) in [4.78, 5) is 85.7. The van der Waals surface area contributed by atoms with Crippen molar-refractivity contribution in [2.24, 2.45) is 33.7 Å². The number of carbonyl (C=O) groups is 7. The molecule has 0 saturated carbocycles. The molecule has 0 fully saturated rings. The van der Waals surface area contributed by atoms with Gasteiger partial charge in [-0.2, -0.15) is 8.42 Å². The van der Waals surface area contributed by atoms with Crippen LogP contribution < -0.4 is 101 Å². The molecule has 0 aromatic heterocycles. The molecule has 0 aliphatic rings. The van der Waals surface area contributed by atoms with Gasteiger partial charge in [-0.3, -0.25) is 47.1 Å². The van der Waals surface area contributed by atoms with Crippen molar-refractivity contribution in [3.8, 4) is 0 Å². The summed E-state index contributed by atoms with van der Waals surface area (Å²) in [5.41, 5.74) is 25.1. The van der Waals surface area contributed by atoms with Crippen molar-refractivity contribution in [3.63, 3.8) is 0 Å². The maximum absolute atomic E-state index is 12.6. The second kappa shape index (κ2) is 38.1. The summed E-state index contributed by atoms with van der Waals surface area (Å²) in [6.07, 6.45) is -0.656. The molecule has 0 saturated heterocycles. The van der Waals surface area contributed by atoms with Crippen molar-refractivity contribution in [1.29, 1.82) is 0 Å². The number of hydrogen-bond acceptors (Lipinski definition) is 18. The van der Waals surface area contributed by atoms with E-state index in [0.717, 1.165) is 7.11 Å².